The van der Waals surface area contributed by atoms with Crippen LogP contribution >= 0.6 is 0 Å². The molecule has 0 radical (unpaired) electrons. The minimum absolute atomic E-state index is 0.340. The molecular formula is C11H15N. The summed E-state index contributed by atoms with van der Waals surface area (Å²) in [4.78, 5) is 0. The van der Waals surface area contributed by atoms with Gasteiger partial charge in [0.05, 0.1) is 0 Å². The first-order valence-electron chi connectivity index (χ1n) is 4.17. The highest BCUT2D eigenvalue weighted by Gasteiger charge is 1.99. The SMILES string of the molecule is C=C(C)C(C)Nc1ccccc1. The molecule has 0 heterocycles. The molecule has 0 fully saturated rings. The molecule has 0 bridgehead atoms. The molecule has 0 aliphatic heterocycles. The average Bonchev–Trinajstić information content (AvgIpc) is 2.06. The average molecular weight is 161 g/mol. The number of benzene rings is 1. The lowest BCUT2D eigenvalue weighted by atomic mass is 10.1. The van der Waals surface area contributed by atoms with Crippen molar-refractivity contribution in [3.8, 4) is 0 Å². The Morgan fingerprint density at radius 1 is 1.33 bits per heavy atom. The van der Waals surface area contributed by atoms with Crippen LogP contribution < -0.4 is 5.32 Å². The summed E-state index contributed by atoms with van der Waals surface area (Å²) in [6.07, 6.45) is 0. The molecule has 1 rings (SSSR count). The van der Waals surface area contributed by atoms with Crippen LogP contribution in [-0.4, -0.2) is 6.04 Å². The Balaban J connectivity index is 2.58. The number of para-hydroxylation sites is 1. The quantitative estimate of drug-likeness (QED) is 0.672. The van der Waals surface area contributed by atoms with Crippen molar-refractivity contribution < 1.29 is 0 Å². The van der Waals surface area contributed by atoms with Crippen molar-refractivity contribution in [1.82, 2.24) is 0 Å². The van der Waals surface area contributed by atoms with Gasteiger partial charge >= 0.3 is 0 Å². The molecule has 64 valence electrons. The Kier molecular flexibility index (Phi) is 2.92. The lowest BCUT2D eigenvalue weighted by Crippen LogP contribution is -2.15. The molecule has 1 heteroatoms. The van der Waals surface area contributed by atoms with Gasteiger partial charge in [0.2, 0.25) is 0 Å². The number of hydrogen-bond donors (Lipinski definition) is 1. The third kappa shape index (κ3) is 2.42. The van der Waals surface area contributed by atoms with Gasteiger partial charge < -0.3 is 5.32 Å². The smallest absolute Gasteiger partial charge is 0.0440 e. The van der Waals surface area contributed by atoms with Crippen molar-refractivity contribution in [3.63, 3.8) is 0 Å². The van der Waals surface area contributed by atoms with E-state index in [1.165, 1.54) is 0 Å². The van der Waals surface area contributed by atoms with Crippen LogP contribution in [0.4, 0.5) is 5.69 Å². The third-order valence-corrected chi connectivity index (χ3v) is 1.90. The largest absolute Gasteiger partial charge is 0.379 e. The molecular weight excluding hydrogens is 146 g/mol. The molecule has 0 amide bonds. The second-order valence-electron chi connectivity index (χ2n) is 3.08. The Labute approximate surface area is 74.1 Å². The zero-order valence-corrected chi connectivity index (χ0v) is 7.67. The molecule has 1 unspecified atom stereocenters. The Morgan fingerprint density at radius 2 is 1.92 bits per heavy atom. The molecule has 1 aromatic rings. The Hall–Kier alpha value is -1.24. The molecule has 0 aromatic heterocycles. The molecule has 0 saturated heterocycles. The topological polar surface area (TPSA) is 12.0 Å². The number of anilines is 1. The first-order valence-corrected chi connectivity index (χ1v) is 4.17. The van der Waals surface area contributed by atoms with Gasteiger partial charge in [-0.2, -0.15) is 0 Å². The number of nitrogens with one attached hydrogen (secondary N) is 1. The van der Waals surface area contributed by atoms with Crippen LogP contribution in [0.3, 0.4) is 0 Å². The zero-order valence-electron chi connectivity index (χ0n) is 7.67. The molecule has 0 saturated carbocycles. The van der Waals surface area contributed by atoms with E-state index in [4.69, 9.17) is 0 Å². The van der Waals surface area contributed by atoms with Gasteiger partial charge in [-0.1, -0.05) is 30.4 Å². The monoisotopic (exact) mass is 161 g/mol. The summed E-state index contributed by atoms with van der Waals surface area (Å²) < 4.78 is 0. The Bertz CT molecular complexity index is 251. The predicted molar refractivity (Wildman–Crippen MR) is 54.3 cm³/mol. The fraction of sp³-hybridized carbons (Fsp3) is 0.273. The first kappa shape index (κ1) is 8.85. The molecule has 1 atom stereocenters. The minimum atomic E-state index is 0.340. The van der Waals surface area contributed by atoms with E-state index in [1.807, 2.05) is 25.1 Å². The van der Waals surface area contributed by atoms with Crippen molar-refractivity contribution >= 4 is 5.69 Å². The van der Waals surface area contributed by atoms with Gasteiger partial charge in [0.15, 0.2) is 0 Å². The highest BCUT2D eigenvalue weighted by Crippen LogP contribution is 2.09. The van der Waals surface area contributed by atoms with E-state index in [2.05, 4.69) is 31.0 Å². The predicted octanol–water partition coefficient (Wildman–Crippen LogP) is 3.06. The lowest BCUT2D eigenvalue weighted by molar-refractivity contribution is 0.929. The summed E-state index contributed by atoms with van der Waals surface area (Å²) in [5, 5.41) is 3.34. The lowest BCUT2D eigenvalue weighted by Gasteiger charge is -2.14. The van der Waals surface area contributed by atoms with Crippen molar-refractivity contribution in [2.24, 2.45) is 0 Å². The summed E-state index contributed by atoms with van der Waals surface area (Å²) >= 11 is 0. The summed E-state index contributed by atoms with van der Waals surface area (Å²) in [5.41, 5.74) is 2.30. The van der Waals surface area contributed by atoms with Crippen LogP contribution in [-0.2, 0) is 0 Å². The van der Waals surface area contributed by atoms with Crippen molar-refractivity contribution in [1.29, 1.82) is 0 Å². The molecule has 0 aliphatic carbocycles. The van der Waals surface area contributed by atoms with Crippen molar-refractivity contribution in [2.45, 2.75) is 19.9 Å². The van der Waals surface area contributed by atoms with Gasteiger partial charge in [-0.15, -0.1) is 0 Å². The van der Waals surface area contributed by atoms with E-state index in [0.717, 1.165) is 11.3 Å². The van der Waals surface area contributed by atoms with Gasteiger partial charge in [-0.3, -0.25) is 0 Å². The minimum Gasteiger partial charge on any atom is -0.379 e. The van der Waals surface area contributed by atoms with E-state index >= 15 is 0 Å². The van der Waals surface area contributed by atoms with Gasteiger partial charge in [0, 0.05) is 11.7 Å². The fourth-order valence-electron chi connectivity index (χ4n) is 0.908. The van der Waals surface area contributed by atoms with Crippen LogP contribution in [0.15, 0.2) is 42.5 Å². The van der Waals surface area contributed by atoms with E-state index < -0.39 is 0 Å². The molecule has 0 spiro atoms. The summed E-state index contributed by atoms with van der Waals surface area (Å²) in [7, 11) is 0. The maximum atomic E-state index is 3.89. The van der Waals surface area contributed by atoms with Crippen LogP contribution in [0, 0.1) is 0 Å². The van der Waals surface area contributed by atoms with Gasteiger partial charge in [-0.25, -0.2) is 0 Å². The molecule has 12 heavy (non-hydrogen) atoms. The normalized spacial score (nSPS) is 12.2. The van der Waals surface area contributed by atoms with Gasteiger partial charge in [-0.05, 0) is 26.0 Å². The summed E-state index contributed by atoms with van der Waals surface area (Å²) in [6, 6.07) is 10.5. The Morgan fingerprint density at radius 3 is 2.42 bits per heavy atom. The maximum Gasteiger partial charge on any atom is 0.0440 e. The summed E-state index contributed by atoms with van der Waals surface area (Å²) in [5.74, 6) is 0. The number of rotatable bonds is 3. The van der Waals surface area contributed by atoms with E-state index in [-0.39, 0.29) is 0 Å². The first-order chi connectivity index (χ1) is 5.70. The van der Waals surface area contributed by atoms with Crippen LogP contribution in [0.5, 0.6) is 0 Å². The fourth-order valence-corrected chi connectivity index (χ4v) is 0.908. The summed E-state index contributed by atoms with van der Waals surface area (Å²) in [6.45, 7) is 8.02. The van der Waals surface area contributed by atoms with Crippen LogP contribution in [0.2, 0.25) is 0 Å². The molecule has 1 N–H and O–H groups in total. The second-order valence-corrected chi connectivity index (χ2v) is 3.08. The molecule has 1 nitrogen and oxygen atoms in total. The standard InChI is InChI=1S/C11H15N/c1-9(2)10(3)12-11-7-5-4-6-8-11/h4-8,10,12H,1H2,2-3H3. The number of hydrogen-bond acceptors (Lipinski definition) is 1. The zero-order chi connectivity index (χ0) is 8.97. The van der Waals surface area contributed by atoms with Gasteiger partial charge in [0.1, 0.15) is 0 Å². The van der Waals surface area contributed by atoms with Crippen molar-refractivity contribution in [2.75, 3.05) is 5.32 Å². The second kappa shape index (κ2) is 3.96. The highest BCUT2D eigenvalue weighted by molar-refractivity contribution is 5.44. The molecule has 0 aliphatic rings. The van der Waals surface area contributed by atoms with E-state index in [9.17, 15) is 0 Å². The van der Waals surface area contributed by atoms with E-state index in [0.29, 0.717) is 6.04 Å². The maximum absolute atomic E-state index is 3.89. The van der Waals surface area contributed by atoms with Crippen LogP contribution in [0.25, 0.3) is 0 Å². The van der Waals surface area contributed by atoms with Crippen molar-refractivity contribution in [3.05, 3.63) is 42.5 Å². The van der Waals surface area contributed by atoms with Crippen LogP contribution in [0.1, 0.15) is 13.8 Å². The molecule has 1 aromatic carbocycles. The third-order valence-electron chi connectivity index (χ3n) is 1.90. The van der Waals surface area contributed by atoms with E-state index in [1.54, 1.807) is 0 Å². The highest BCUT2D eigenvalue weighted by atomic mass is 14.9. The van der Waals surface area contributed by atoms with Gasteiger partial charge in [0.25, 0.3) is 0 Å².